The van der Waals surface area contributed by atoms with Gasteiger partial charge >= 0.3 is 0 Å². The van der Waals surface area contributed by atoms with Crippen LogP contribution in [0.1, 0.15) is 56.9 Å². The normalized spacial score (nSPS) is 22.5. The van der Waals surface area contributed by atoms with Gasteiger partial charge in [-0.25, -0.2) is 0 Å². The van der Waals surface area contributed by atoms with Gasteiger partial charge in [0, 0.05) is 26.1 Å². The number of carbonyl (C=O) groups excluding carboxylic acids is 1. The van der Waals surface area contributed by atoms with E-state index in [9.17, 15) is 4.79 Å². The molecule has 1 atom stereocenters. The third kappa shape index (κ3) is 5.31. The Bertz CT molecular complexity index is 555. The van der Waals surface area contributed by atoms with Crippen molar-refractivity contribution in [1.82, 2.24) is 4.90 Å². The van der Waals surface area contributed by atoms with Crippen LogP contribution in [-0.2, 0) is 16.0 Å². The summed E-state index contributed by atoms with van der Waals surface area (Å²) in [7, 11) is 0. The SMILES string of the molecule is NCC1(CC(=O)N2CCC(OCCCc3ccccc3)C2)CCCCC1. The lowest BCUT2D eigenvalue weighted by atomic mass is 9.71. The zero-order valence-electron chi connectivity index (χ0n) is 16.0. The topological polar surface area (TPSA) is 55.6 Å². The number of ether oxygens (including phenoxy) is 1. The third-order valence-electron chi connectivity index (χ3n) is 6.18. The van der Waals surface area contributed by atoms with E-state index in [0.29, 0.717) is 13.0 Å². The molecule has 2 N–H and O–H groups in total. The number of benzene rings is 1. The Morgan fingerprint density at radius 2 is 1.96 bits per heavy atom. The van der Waals surface area contributed by atoms with Gasteiger partial charge in [-0.3, -0.25) is 4.79 Å². The Labute approximate surface area is 158 Å². The summed E-state index contributed by atoms with van der Waals surface area (Å²) < 4.78 is 6.03. The molecule has 0 aromatic heterocycles. The van der Waals surface area contributed by atoms with Gasteiger partial charge in [-0.2, -0.15) is 0 Å². The lowest BCUT2D eigenvalue weighted by Gasteiger charge is -2.36. The summed E-state index contributed by atoms with van der Waals surface area (Å²) in [6, 6.07) is 10.5. The molecule has 0 radical (unpaired) electrons. The van der Waals surface area contributed by atoms with E-state index in [2.05, 4.69) is 24.3 Å². The van der Waals surface area contributed by atoms with E-state index in [4.69, 9.17) is 10.5 Å². The van der Waals surface area contributed by atoms with Crippen molar-refractivity contribution in [3.63, 3.8) is 0 Å². The average Bonchev–Trinajstić information content (AvgIpc) is 3.16. The summed E-state index contributed by atoms with van der Waals surface area (Å²) in [4.78, 5) is 14.8. The molecule has 1 unspecified atom stereocenters. The number of nitrogens with zero attached hydrogens (tertiary/aromatic N) is 1. The van der Waals surface area contributed by atoms with E-state index in [1.54, 1.807) is 0 Å². The molecule has 3 rings (SSSR count). The van der Waals surface area contributed by atoms with Gasteiger partial charge in [0.25, 0.3) is 0 Å². The number of carbonyl (C=O) groups is 1. The lowest BCUT2D eigenvalue weighted by Crippen LogP contribution is -2.40. The Morgan fingerprint density at radius 3 is 2.69 bits per heavy atom. The van der Waals surface area contributed by atoms with Crippen LogP contribution in [0.3, 0.4) is 0 Å². The summed E-state index contributed by atoms with van der Waals surface area (Å²) in [5.74, 6) is 0.285. The number of rotatable bonds is 8. The molecule has 1 heterocycles. The summed E-state index contributed by atoms with van der Waals surface area (Å²) >= 11 is 0. The monoisotopic (exact) mass is 358 g/mol. The molecular weight excluding hydrogens is 324 g/mol. The third-order valence-corrected chi connectivity index (χ3v) is 6.18. The predicted octanol–water partition coefficient (Wildman–Crippen LogP) is 3.54. The molecule has 1 aliphatic heterocycles. The molecule has 1 saturated heterocycles. The fourth-order valence-electron chi connectivity index (χ4n) is 4.45. The molecule has 26 heavy (non-hydrogen) atoms. The molecule has 144 valence electrons. The molecule has 1 aliphatic carbocycles. The Morgan fingerprint density at radius 1 is 1.19 bits per heavy atom. The highest BCUT2D eigenvalue weighted by Gasteiger charge is 2.36. The lowest BCUT2D eigenvalue weighted by molar-refractivity contribution is -0.133. The smallest absolute Gasteiger partial charge is 0.223 e. The fraction of sp³-hybridized carbons (Fsp3) is 0.682. The second-order valence-electron chi connectivity index (χ2n) is 8.15. The van der Waals surface area contributed by atoms with Gasteiger partial charge in [-0.15, -0.1) is 0 Å². The molecule has 2 fully saturated rings. The maximum atomic E-state index is 12.8. The summed E-state index contributed by atoms with van der Waals surface area (Å²) in [5, 5.41) is 0. The van der Waals surface area contributed by atoms with Crippen LogP contribution in [0.5, 0.6) is 0 Å². The van der Waals surface area contributed by atoms with Crippen LogP contribution >= 0.6 is 0 Å². The number of hydrogen-bond acceptors (Lipinski definition) is 3. The predicted molar refractivity (Wildman–Crippen MR) is 105 cm³/mol. The highest BCUT2D eigenvalue weighted by Crippen LogP contribution is 2.39. The molecule has 1 aromatic rings. The van der Waals surface area contributed by atoms with E-state index in [0.717, 1.165) is 51.8 Å². The molecule has 4 heteroatoms. The second kappa shape index (κ2) is 9.52. The molecule has 4 nitrogen and oxygen atoms in total. The molecule has 1 saturated carbocycles. The van der Waals surface area contributed by atoms with Crippen LogP contribution in [0.2, 0.25) is 0 Å². The minimum absolute atomic E-state index is 0.0595. The first-order valence-electron chi connectivity index (χ1n) is 10.3. The average molecular weight is 359 g/mol. The van der Waals surface area contributed by atoms with Gasteiger partial charge in [0.2, 0.25) is 5.91 Å². The Hall–Kier alpha value is -1.39. The van der Waals surface area contributed by atoms with Gasteiger partial charge in [-0.1, -0.05) is 49.6 Å². The second-order valence-corrected chi connectivity index (χ2v) is 8.15. The molecular formula is C22H34N2O2. The van der Waals surface area contributed by atoms with Crippen molar-refractivity contribution in [3.8, 4) is 0 Å². The van der Waals surface area contributed by atoms with E-state index in [-0.39, 0.29) is 17.4 Å². The van der Waals surface area contributed by atoms with E-state index in [1.165, 1.54) is 24.8 Å². The van der Waals surface area contributed by atoms with Crippen molar-refractivity contribution in [2.45, 2.75) is 63.9 Å². The quantitative estimate of drug-likeness (QED) is 0.723. The highest BCUT2D eigenvalue weighted by atomic mass is 16.5. The minimum atomic E-state index is 0.0595. The van der Waals surface area contributed by atoms with Gasteiger partial charge in [-0.05, 0) is 49.6 Å². The number of amides is 1. The van der Waals surface area contributed by atoms with Crippen LogP contribution < -0.4 is 5.73 Å². The highest BCUT2D eigenvalue weighted by molar-refractivity contribution is 5.77. The van der Waals surface area contributed by atoms with Crippen LogP contribution in [0.15, 0.2) is 30.3 Å². The maximum Gasteiger partial charge on any atom is 0.223 e. The Balaban J connectivity index is 1.37. The molecule has 0 spiro atoms. The summed E-state index contributed by atoms with van der Waals surface area (Å²) in [6.45, 7) is 3.01. The first kappa shape index (κ1) is 19.4. The number of aryl methyl sites for hydroxylation is 1. The van der Waals surface area contributed by atoms with Crippen molar-refractivity contribution in [2.75, 3.05) is 26.2 Å². The van der Waals surface area contributed by atoms with E-state index < -0.39 is 0 Å². The maximum absolute atomic E-state index is 12.8. The summed E-state index contributed by atoms with van der Waals surface area (Å²) in [5.41, 5.74) is 7.47. The number of nitrogens with two attached hydrogens (primary N) is 1. The van der Waals surface area contributed by atoms with Gasteiger partial charge in [0.05, 0.1) is 6.10 Å². The molecule has 2 aliphatic rings. The van der Waals surface area contributed by atoms with Gasteiger partial charge in [0.1, 0.15) is 0 Å². The van der Waals surface area contributed by atoms with Crippen LogP contribution in [0.4, 0.5) is 0 Å². The van der Waals surface area contributed by atoms with E-state index in [1.807, 2.05) is 11.0 Å². The molecule has 1 amide bonds. The van der Waals surface area contributed by atoms with Crippen molar-refractivity contribution in [1.29, 1.82) is 0 Å². The first-order chi connectivity index (χ1) is 12.7. The van der Waals surface area contributed by atoms with Crippen molar-refractivity contribution >= 4 is 5.91 Å². The van der Waals surface area contributed by atoms with Crippen molar-refractivity contribution in [3.05, 3.63) is 35.9 Å². The van der Waals surface area contributed by atoms with E-state index >= 15 is 0 Å². The van der Waals surface area contributed by atoms with Crippen LogP contribution in [0, 0.1) is 5.41 Å². The van der Waals surface area contributed by atoms with Gasteiger partial charge < -0.3 is 15.4 Å². The summed E-state index contributed by atoms with van der Waals surface area (Å²) in [6.07, 6.45) is 9.84. The number of hydrogen-bond donors (Lipinski definition) is 1. The standard InChI is InChI=1S/C22H34N2O2/c23-18-22(12-5-2-6-13-22)16-21(25)24-14-11-20(17-24)26-15-7-10-19-8-3-1-4-9-19/h1,3-4,8-9,20H,2,5-7,10-18,23H2. The van der Waals surface area contributed by atoms with Crippen LogP contribution in [0.25, 0.3) is 0 Å². The zero-order chi connectivity index (χ0) is 18.2. The fourth-order valence-corrected chi connectivity index (χ4v) is 4.45. The Kier molecular flexibility index (Phi) is 7.09. The largest absolute Gasteiger partial charge is 0.376 e. The van der Waals surface area contributed by atoms with Crippen molar-refractivity contribution < 1.29 is 9.53 Å². The van der Waals surface area contributed by atoms with Crippen molar-refractivity contribution in [2.24, 2.45) is 11.1 Å². The van der Waals surface area contributed by atoms with Crippen LogP contribution in [-0.4, -0.2) is 43.2 Å². The number of likely N-dealkylation sites (tertiary alicyclic amines) is 1. The first-order valence-corrected chi connectivity index (χ1v) is 10.3. The zero-order valence-corrected chi connectivity index (χ0v) is 16.0. The molecule has 0 bridgehead atoms. The van der Waals surface area contributed by atoms with Gasteiger partial charge in [0.15, 0.2) is 0 Å². The minimum Gasteiger partial charge on any atom is -0.376 e. The molecule has 1 aromatic carbocycles.